The molecule has 2 nitrogen and oxygen atoms in total. The Bertz CT molecular complexity index is 357. The van der Waals surface area contributed by atoms with Crippen LogP contribution in [0.4, 0.5) is 13.2 Å². The van der Waals surface area contributed by atoms with E-state index in [1.54, 1.807) is 24.3 Å². The van der Waals surface area contributed by atoms with Crippen LogP contribution in [0.5, 0.6) is 5.75 Å². The fourth-order valence-corrected chi connectivity index (χ4v) is 1.34. The summed E-state index contributed by atoms with van der Waals surface area (Å²) >= 11 is 0. The SMILES string of the molecule is COc1ccc(CCC(C)(N)C(F)(F)F)cc1. The van der Waals surface area contributed by atoms with Crippen LogP contribution >= 0.6 is 0 Å². The molecule has 0 fully saturated rings. The molecule has 0 radical (unpaired) electrons. The predicted molar refractivity (Wildman–Crippen MR) is 60.0 cm³/mol. The smallest absolute Gasteiger partial charge is 0.406 e. The zero-order chi connectivity index (χ0) is 13.1. The summed E-state index contributed by atoms with van der Waals surface area (Å²) in [5, 5.41) is 0. The molecule has 17 heavy (non-hydrogen) atoms. The molecule has 0 saturated heterocycles. The van der Waals surface area contributed by atoms with Crippen LogP contribution in [0.1, 0.15) is 18.9 Å². The van der Waals surface area contributed by atoms with E-state index in [1.807, 2.05) is 0 Å². The number of ether oxygens (including phenoxy) is 1. The predicted octanol–water partition coefficient (Wildman–Crippen LogP) is 2.91. The van der Waals surface area contributed by atoms with E-state index in [1.165, 1.54) is 7.11 Å². The maximum atomic E-state index is 12.5. The normalized spacial score (nSPS) is 15.4. The van der Waals surface area contributed by atoms with Crippen molar-refractivity contribution in [2.24, 2.45) is 5.73 Å². The summed E-state index contributed by atoms with van der Waals surface area (Å²) in [5.74, 6) is 0.681. The first kappa shape index (κ1) is 13.8. The second-order valence-electron chi connectivity index (χ2n) is 4.26. The van der Waals surface area contributed by atoms with Crippen LogP contribution in [-0.2, 0) is 6.42 Å². The molecule has 0 heterocycles. The molecule has 0 saturated carbocycles. The van der Waals surface area contributed by atoms with Crippen molar-refractivity contribution in [2.45, 2.75) is 31.5 Å². The third-order valence-corrected chi connectivity index (χ3v) is 2.74. The molecule has 0 spiro atoms. The molecule has 5 heteroatoms. The van der Waals surface area contributed by atoms with Gasteiger partial charge >= 0.3 is 6.18 Å². The van der Waals surface area contributed by atoms with Gasteiger partial charge in [0.05, 0.1) is 7.11 Å². The molecule has 1 aromatic carbocycles. The Balaban J connectivity index is 2.61. The van der Waals surface area contributed by atoms with Crippen molar-refractivity contribution in [1.82, 2.24) is 0 Å². The molecule has 0 amide bonds. The van der Waals surface area contributed by atoms with Crippen molar-refractivity contribution in [2.75, 3.05) is 7.11 Å². The molecule has 1 aromatic rings. The van der Waals surface area contributed by atoms with Crippen LogP contribution < -0.4 is 10.5 Å². The third-order valence-electron chi connectivity index (χ3n) is 2.74. The largest absolute Gasteiger partial charge is 0.497 e. The highest BCUT2D eigenvalue weighted by Gasteiger charge is 2.47. The van der Waals surface area contributed by atoms with E-state index < -0.39 is 11.7 Å². The Hall–Kier alpha value is -1.23. The summed E-state index contributed by atoms with van der Waals surface area (Å²) in [5.41, 5.74) is 3.91. The Morgan fingerprint density at radius 3 is 2.12 bits per heavy atom. The summed E-state index contributed by atoms with van der Waals surface area (Å²) in [6.07, 6.45) is -4.22. The average Bonchev–Trinajstić information content (AvgIpc) is 2.25. The van der Waals surface area contributed by atoms with Gasteiger partial charge in [-0.1, -0.05) is 12.1 Å². The van der Waals surface area contributed by atoms with Crippen LogP contribution in [-0.4, -0.2) is 18.8 Å². The van der Waals surface area contributed by atoms with E-state index >= 15 is 0 Å². The highest BCUT2D eigenvalue weighted by atomic mass is 19.4. The van der Waals surface area contributed by atoms with Crippen molar-refractivity contribution < 1.29 is 17.9 Å². The van der Waals surface area contributed by atoms with Crippen molar-refractivity contribution >= 4 is 0 Å². The zero-order valence-electron chi connectivity index (χ0n) is 9.84. The summed E-state index contributed by atoms with van der Waals surface area (Å²) in [6.45, 7) is 1.01. The van der Waals surface area contributed by atoms with Gasteiger partial charge < -0.3 is 10.5 Å². The zero-order valence-corrected chi connectivity index (χ0v) is 9.84. The summed E-state index contributed by atoms with van der Waals surface area (Å²) in [7, 11) is 1.54. The van der Waals surface area contributed by atoms with Crippen LogP contribution in [0.2, 0.25) is 0 Å². The highest BCUT2D eigenvalue weighted by molar-refractivity contribution is 5.27. The Morgan fingerprint density at radius 2 is 1.71 bits per heavy atom. The molecule has 0 bridgehead atoms. The van der Waals surface area contributed by atoms with E-state index in [9.17, 15) is 13.2 Å². The van der Waals surface area contributed by atoms with Gasteiger partial charge in [-0.05, 0) is 37.5 Å². The quantitative estimate of drug-likeness (QED) is 0.887. The van der Waals surface area contributed by atoms with Gasteiger partial charge in [-0.2, -0.15) is 13.2 Å². The number of nitrogens with two attached hydrogens (primary N) is 1. The number of hydrogen-bond donors (Lipinski definition) is 1. The maximum absolute atomic E-state index is 12.5. The van der Waals surface area contributed by atoms with E-state index in [0.29, 0.717) is 5.75 Å². The minimum Gasteiger partial charge on any atom is -0.497 e. The Labute approximate surface area is 98.6 Å². The number of alkyl halides is 3. The second kappa shape index (κ2) is 4.96. The van der Waals surface area contributed by atoms with Crippen LogP contribution in [0.25, 0.3) is 0 Å². The Morgan fingerprint density at radius 1 is 1.18 bits per heavy atom. The third kappa shape index (κ3) is 3.63. The van der Waals surface area contributed by atoms with Gasteiger partial charge in [-0.3, -0.25) is 0 Å². The Kier molecular flexibility index (Phi) is 4.03. The fourth-order valence-electron chi connectivity index (χ4n) is 1.34. The van der Waals surface area contributed by atoms with Gasteiger partial charge in [-0.15, -0.1) is 0 Å². The van der Waals surface area contributed by atoms with Crippen molar-refractivity contribution in [3.05, 3.63) is 29.8 Å². The standard InChI is InChI=1S/C12H16F3NO/c1-11(16,12(13,14)15)8-7-9-3-5-10(17-2)6-4-9/h3-6H,7-8,16H2,1-2H3. The summed E-state index contributed by atoms with van der Waals surface area (Å²) in [4.78, 5) is 0. The number of halogens is 3. The minimum absolute atomic E-state index is 0.136. The van der Waals surface area contributed by atoms with Crippen molar-refractivity contribution in [3.63, 3.8) is 0 Å². The molecule has 2 N–H and O–H groups in total. The van der Waals surface area contributed by atoms with Gasteiger partial charge in [0.25, 0.3) is 0 Å². The van der Waals surface area contributed by atoms with E-state index in [4.69, 9.17) is 10.5 Å². The molecule has 1 rings (SSSR count). The van der Waals surface area contributed by atoms with Gasteiger partial charge in [0.15, 0.2) is 0 Å². The first-order valence-electron chi connectivity index (χ1n) is 5.25. The number of methoxy groups -OCH3 is 1. The molecule has 96 valence electrons. The lowest BCUT2D eigenvalue weighted by Crippen LogP contribution is -2.50. The lowest BCUT2D eigenvalue weighted by atomic mass is 9.94. The highest BCUT2D eigenvalue weighted by Crippen LogP contribution is 2.31. The van der Waals surface area contributed by atoms with Gasteiger partial charge in [0.1, 0.15) is 11.3 Å². The molecule has 0 aromatic heterocycles. The molecule has 0 aliphatic carbocycles. The molecular weight excluding hydrogens is 231 g/mol. The number of benzene rings is 1. The van der Waals surface area contributed by atoms with Crippen LogP contribution in [0, 0.1) is 0 Å². The average molecular weight is 247 g/mol. The molecule has 0 aliphatic rings. The summed E-state index contributed by atoms with van der Waals surface area (Å²) < 4.78 is 42.5. The molecule has 1 atom stereocenters. The van der Waals surface area contributed by atoms with Crippen molar-refractivity contribution in [1.29, 1.82) is 0 Å². The van der Waals surface area contributed by atoms with Gasteiger partial charge in [0, 0.05) is 0 Å². The lowest BCUT2D eigenvalue weighted by molar-refractivity contribution is -0.182. The fraction of sp³-hybridized carbons (Fsp3) is 0.500. The van der Waals surface area contributed by atoms with Crippen molar-refractivity contribution in [3.8, 4) is 5.75 Å². The first-order chi connectivity index (χ1) is 7.76. The van der Waals surface area contributed by atoms with Crippen LogP contribution in [0.15, 0.2) is 24.3 Å². The second-order valence-corrected chi connectivity index (χ2v) is 4.26. The topological polar surface area (TPSA) is 35.2 Å². The van der Waals surface area contributed by atoms with E-state index in [2.05, 4.69) is 0 Å². The lowest BCUT2D eigenvalue weighted by Gasteiger charge is -2.27. The number of aryl methyl sites for hydroxylation is 1. The summed E-state index contributed by atoms with van der Waals surface area (Å²) in [6, 6.07) is 6.92. The minimum atomic E-state index is -4.38. The van der Waals surface area contributed by atoms with E-state index in [-0.39, 0.29) is 12.8 Å². The number of hydrogen-bond acceptors (Lipinski definition) is 2. The van der Waals surface area contributed by atoms with Crippen LogP contribution in [0.3, 0.4) is 0 Å². The first-order valence-corrected chi connectivity index (χ1v) is 5.25. The monoisotopic (exact) mass is 247 g/mol. The van der Waals surface area contributed by atoms with Gasteiger partial charge in [0.2, 0.25) is 0 Å². The molecular formula is C12H16F3NO. The van der Waals surface area contributed by atoms with E-state index in [0.717, 1.165) is 12.5 Å². The number of rotatable bonds is 4. The molecule has 0 aliphatic heterocycles. The molecule has 1 unspecified atom stereocenters. The van der Waals surface area contributed by atoms with Gasteiger partial charge in [-0.25, -0.2) is 0 Å². The maximum Gasteiger partial charge on any atom is 0.406 e.